The molecule has 0 unspecified atom stereocenters. The number of aromatic amines is 1. The van der Waals surface area contributed by atoms with Gasteiger partial charge in [0, 0.05) is 21.4 Å². The van der Waals surface area contributed by atoms with E-state index in [1.165, 1.54) is 14.2 Å². The second-order valence-electron chi connectivity index (χ2n) is 5.06. The number of carbonyl (C=O) groups excluding carboxylic acids is 1. The normalized spacial score (nSPS) is 10.7. The monoisotopic (exact) mass is 408 g/mol. The van der Waals surface area contributed by atoms with E-state index in [9.17, 15) is 4.79 Å². The summed E-state index contributed by atoms with van der Waals surface area (Å²) < 4.78 is 11.4. The number of anilines is 1. The van der Waals surface area contributed by atoms with Crippen LogP contribution in [0.4, 0.5) is 5.69 Å². The summed E-state index contributed by atoms with van der Waals surface area (Å²) in [4.78, 5) is 15.6. The number of hydrogen-bond donors (Lipinski definition) is 2. The van der Waals surface area contributed by atoms with Gasteiger partial charge in [-0.1, -0.05) is 33.6 Å². The van der Waals surface area contributed by atoms with Gasteiger partial charge >= 0.3 is 0 Å². The molecule has 0 saturated carbocycles. The summed E-state index contributed by atoms with van der Waals surface area (Å²) in [7, 11) is 3.03. The van der Waals surface area contributed by atoms with Crippen LogP contribution in [0.3, 0.4) is 0 Å². The fourth-order valence-corrected chi connectivity index (χ4v) is 2.97. The molecule has 0 aliphatic heterocycles. The van der Waals surface area contributed by atoms with Crippen LogP contribution in [0.5, 0.6) is 11.5 Å². The molecule has 3 aromatic rings. The average Bonchev–Trinajstić information content (AvgIpc) is 2.98. The Balaban J connectivity index is 1.92. The predicted molar refractivity (Wildman–Crippen MR) is 98.5 cm³/mol. The lowest BCUT2D eigenvalue weighted by Crippen LogP contribution is -2.13. The number of benzene rings is 2. The molecule has 1 heterocycles. The van der Waals surface area contributed by atoms with Crippen molar-refractivity contribution in [1.82, 2.24) is 4.98 Å². The highest BCUT2D eigenvalue weighted by molar-refractivity contribution is 9.10. The van der Waals surface area contributed by atoms with Gasteiger partial charge in [-0.25, -0.2) is 0 Å². The molecule has 124 valence electrons. The molecule has 0 radical (unpaired) electrons. The van der Waals surface area contributed by atoms with E-state index in [2.05, 4.69) is 26.2 Å². The molecule has 2 aromatic carbocycles. The van der Waals surface area contributed by atoms with Crippen molar-refractivity contribution < 1.29 is 14.3 Å². The molecule has 5 nitrogen and oxygen atoms in total. The van der Waals surface area contributed by atoms with Crippen LogP contribution in [0.25, 0.3) is 10.9 Å². The molecule has 1 aromatic heterocycles. The van der Waals surface area contributed by atoms with Crippen LogP contribution in [0, 0.1) is 0 Å². The number of amides is 1. The molecule has 0 saturated heterocycles. The van der Waals surface area contributed by atoms with Crippen LogP contribution in [0.2, 0.25) is 5.02 Å². The van der Waals surface area contributed by atoms with Crippen LogP contribution in [0.15, 0.2) is 40.9 Å². The highest BCUT2D eigenvalue weighted by Gasteiger charge is 2.15. The molecule has 3 rings (SSSR count). The Hall–Kier alpha value is -2.18. The van der Waals surface area contributed by atoms with Crippen LogP contribution in [-0.4, -0.2) is 25.1 Å². The van der Waals surface area contributed by atoms with Gasteiger partial charge in [0.25, 0.3) is 5.91 Å². The van der Waals surface area contributed by atoms with Crippen molar-refractivity contribution in [3.8, 4) is 11.5 Å². The summed E-state index contributed by atoms with van der Waals surface area (Å²) in [6, 6.07) is 10.8. The SMILES string of the molecule is COc1cc(OC)c(NC(=O)c2cc3ccc(Br)cc3[nH]2)cc1Cl. The number of halogens is 2. The summed E-state index contributed by atoms with van der Waals surface area (Å²) in [5.74, 6) is 0.646. The van der Waals surface area contributed by atoms with E-state index >= 15 is 0 Å². The average molecular weight is 410 g/mol. The van der Waals surface area contributed by atoms with Gasteiger partial charge in [-0.05, 0) is 24.3 Å². The number of nitrogens with one attached hydrogen (secondary N) is 2. The molecular formula is C17H14BrClN2O3. The number of aromatic nitrogens is 1. The minimum atomic E-state index is -0.290. The summed E-state index contributed by atoms with van der Waals surface area (Å²) >= 11 is 9.53. The fourth-order valence-electron chi connectivity index (χ4n) is 2.37. The van der Waals surface area contributed by atoms with Crippen LogP contribution in [-0.2, 0) is 0 Å². The smallest absolute Gasteiger partial charge is 0.272 e. The molecule has 0 aliphatic carbocycles. The first-order valence-corrected chi connectivity index (χ1v) is 8.20. The standard InChI is InChI=1S/C17H14BrClN2O3/c1-23-15-8-16(24-2)13(7-11(15)19)21-17(22)14-5-9-3-4-10(18)6-12(9)20-14/h3-8,20H,1-2H3,(H,21,22). The second kappa shape index (κ2) is 6.75. The predicted octanol–water partition coefficient (Wildman–Crippen LogP) is 4.85. The summed E-state index contributed by atoms with van der Waals surface area (Å²) in [6.45, 7) is 0. The zero-order chi connectivity index (χ0) is 17.3. The number of ether oxygens (including phenoxy) is 2. The zero-order valence-electron chi connectivity index (χ0n) is 12.9. The lowest BCUT2D eigenvalue weighted by atomic mass is 10.2. The maximum atomic E-state index is 12.5. The number of carbonyl (C=O) groups is 1. The Morgan fingerprint density at radius 3 is 2.58 bits per heavy atom. The maximum Gasteiger partial charge on any atom is 0.272 e. The molecule has 0 atom stereocenters. The Morgan fingerprint density at radius 2 is 1.88 bits per heavy atom. The van der Waals surface area contributed by atoms with E-state index in [-0.39, 0.29) is 5.91 Å². The molecule has 0 aliphatic rings. The number of fused-ring (bicyclic) bond motifs is 1. The summed E-state index contributed by atoms with van der Waals surface area (Å²) in [5, 5.41) is 4.13. The molecule has 1 amide bonds. The lowest BCUT2D eigenvalue weighted by Gasteiger charge is -2.12. The van der Waals surface area contributed by atoms with E-state index < -0.39 is 0 Å². The zero-order valence-corrected chi connectivity index (χ0v) is 15.3. The van der Waals surface area contributed by atoms with Gasteiger partial charge in [0.05, 0.1) is 24.9 Å². The molecule has 0 spiro atoms. The fraction of sp³-hybridized carbons (Fsp3) is 0.118. The van der Waals surface area contributed by atoms with E-state index in [0.29, 0.717) is 27.9 Å². The highest BCUT2D eigenvalue weighted by atomic mass is 79.9. The Morgan fingerprint density at radius 1 is 1.12 bits per heavy atom. The quantitative estimate of drug-likeness (QED) is 0.647. The van der Waals surface area contributed by atoms with Gasteiger partial charge in [-0.3, -0.25) is 4.79 Å². The number of hydrogen-bond acceptors (Lipinski definition) is 3. The van der Waals surface area contributed by atoms with Gasteiger partial charge in [-0.2, -0.15) is 0 Å². The second-order valence-corrected chi connectivity index (χ2v) is 6.38. The number of H-pyrrole nitrogens is 1. The lowest BCUT2D eigenvalue weighted by molar-refractivity contribution is 0.102. The van der Waals surface area contributed by atoms with Crippen molar-refractivity contribution in [2.45, 2.75) is 0 Å². The number of methoxy groups -OCH3 is 2. The summed E-state index contributed by atoms with van der Waals surface area (Å²) in [5.41, 5.74) is 1.78. The molecule has 7 heteroatoms. The third-order valence-electron chi connectivity index (χ3n) is 3.55. The molecule has 0 fully saturated rings. The Bertz CT molecular complexity index is 924. The highest BCUT2D eigenvalue weighted by Crippen LogP contribution is 2.36. The maximum absolute atomic E-state index is 12.5. The molecule has 24 heavy (non-hydrogen) atoms. The van der Waals surface area contributed by atoms with Gasteiger partial charge < -0.3 is 19.8 Å². The van der Waals surface area contributed by atoms with E-state index in [4.69, 9.17) is 21.1 Å². The first-order valence-electron chi connectivity index (χ1n) is 7.03. The van der Waals surface area contributed by atoms with Gasteiger partial charge in [-0.15, -0.1) is 0 Å². The Labute approximate surface area is 152 Å². The first kappa shape index (κ1) is 16.7. The van der Waals surface area contributed by atoms with Gasteiger partial charge in [0.1, 0.15) is 17.2 Å². The third kappa shape index (κ3) is 3.20. The van der Waals surface area contributed by atoms with E-state index in [1.807, 2.05) is 18.2 Å². The van der Waals surface area contributed by atoms with Crippen molar-refractivity contribution in [1.29, 1.82) is 0 Å². The Kier molecular flexibility index (Phi) is 4.69. The van der Waals surface area contributed by atoms with E-state index in [0.717, 1.165) is 15.4 Å². The minimum Gasteiger partial charge on any atom is -0.495 e. The topological polar surface area (TPSA) is 63.4 Å². The van der Waals surface area contributed by atoms with Gasteiger partial charge in [0.15, 0.2) is 0 Å². The van der Waals surface area contributed by atoms with Crippen LogP contribution < -0.4 is 14.8 Å². The first-order chi connectivity index (χ1) is 11.5. The number of rotatable bonds is 4. The largest absolute Gasteiger partial charge is 0.495 e. The molecular weight excluding hydrogens is 396 g/mol. The van der Waals surface area contributed by atoms with Gasteiger partial charge in [0.2, 0.25) is 0 Å². The van der Waals surface area contributed by atoms with Crippen molar-refractivity contribution in [2.75, 3.05) is 19.5 Å². The van der Waals surface area contributed by atoms with Crippen molar-refractivity contribution in [2.24, 2.45) is 0 Å². The molecule has 0 bridgehead atoms. The molecule has 2 N–H and O–H groups in total. The van der Waals surface area contributed by atoms with Crippen molar-refractivity contribution in [3.63, 3.8) is 0 Å². The van der Waals surface area contributed by atoms with Crippen molar-refractivity contribution >= 4 is 50.0 Å². The summed E-state index contributed by atoms with van der Waals surface area (Å²) in [6.07, 6.45) is 0. The van der Waals surface area contributed by atoms with E-state index in [1.54, 1.807) is 18.2 Å². The third-order valence-corrected chi connectivity index (χ3v) is 4.34. The van der Waals surface area contributed by atoms with Crippen LogP contribution in [0.1, 0.15) is 10.5 Å². The minimum absolute atomic E-state index is 0.290. The van der Waals surface area contributed by atoms with Crippen molar-refractivity contribution in [3.05, 3.63) is 51.6 Å². The van der Waals surface area contributed by atoms with Crippen LogP contribution >= 0.6 is 27.5 Å².